The molecule has 3 rings (SSSR count). The number of piperazine rings is 1. The Hall–Kier alpha value is -2.27. The molecule has 0 aromatic heterocycles. The fraction of sp³-hybridized carbons (Fsp3) is 0.560. The summed E-state index contributed by atoms with van der Waals surface area (Å²) in [5.41, 5.74) is 1.15. The average molecular weight is 411 g/mol. The summed E-state index contributed by atoms with van der Waals surface area (Å²) >= 11 is 0. The zero-order valence-corrected chi connectivity index (χ0v) is 18.5. The lowest BCUT2D eigenvalue weighted by Gasteiger charge is -2.37. The normalized spacial score (nSPS) is 21.1. The first-order valence-corrected chi connectivity index (χ1v) is 11.1. The first-order chi connectivity index (χ1) is 14.3. The summed E-state index contributed by atoms with van der Waals surface area (Å²) in [5.74, 6) is 0.189. The number of carbonyl (C=O) groups is 3. The Morgan fingerprint density at radius 3 is 2.17 bits per heavy atom. The van der Waals surface area contributed by atoms with Crippen LogP contribution in [-0.4, -0.2) is 60.0 Å². The van der Waals surface area contributed by atoms with E-state index in [1.165, 1.54) is 0 Å². The van der Waals surface area contributed by atoms with E-state index in [-0.39, 0.29) is 28.8 Å². The Labute approximate surface area is 180 Å². The molecule has 0 atom stereocenters. The quantitative estimate of drug-likeness (QED) is 0.423. The first kappa shape index (κ1) is 22.4. The van der Waals surface area contributed by atoms with Crippen LogP contribution in [0.2, 0.25) is 0 Å². The molecule has 0 N–H and O–H groups in total. The monoisotopic (exact) mass is 410 g/mol. The van der Waals surface area contributed by atoms with Crippen LogP contribution in [0.25, 0.3) is 0 Å². The number of hydrogen-bond acceptors (Lipinski definition) is 4. The number of nitrogens with zero attached hydrogens (tertiary/aromatic N) is 2. The number of amides is 1. The fourth-order valence-electron chi connectivity index (χ4n) is 4.29. The molecule has 1 saturated carbocycles. The summed E-state index contributed by atoms with van der Waals surface area (Å²) in [4.78, 5) is 41.8. The number of allylic oxidation sites excluding steroid dienone is 2. The maximum atomic E-state index is 12.5. The molecule has 2 fully saturated rings. The highest BCUT2D eigenvalue weighted by Gasteiger charge is 2.31. The summed E-state index contributed by atoms with van der Waals surface area (Å²) in [6.07, 6.45) is 4.35. The second-order valence-electron chi connectivity index (χ2n) is 9.51. The summed E-state index contributed by atoms with van der Waals surface area (Å²) in [6.45, 7) is 10.1. The van der Waals surface area contributed by atoms with Gasteiger partial charge in [-0.2, -0.15) is 0 Å². The van der Waals surface area contributed by atoms with Crippen molar-refractivity contribution in [2.24, 2.45) is 5.41 Å². The largest absolute Gasteiger partial charge is 0.340 e. The van der Waals surface area contributed by atoms with Crippen LogP contribution in [0.4, 0.5) is 0 Å². The SMILES string of the molecule is CC(C)(C)C(=O)N1CCN(CCCC=C2C(=O)CC(c3ccccc3)CC2=O)CC1. The second kappa shape index (κ2) is 9.69. The van der Waals surface area contributed by atoms with Gasteiger partial charge in [-0.05, 0) is 30.9 Å². The van der Waals surface area contributed by atoms with Gasteiger partial charge in [-0.15, -0.1) is 0 Å². The summed E-state index contributed by atoms with van der Waals surface area (Å²) in [6, 6.07) is 9.84. The Balaban J connectivity index is 1.43. The van der Waals surface area contributed by atoms with Gasteiger partial charge in [0.25, 0.3) is 0 Å². The van der Waals surface area contributed by atoms with Crippen LogP contribution in [0.3, 0.4) is 0 Å². The van der Waals surface area contributed by atoms with Gasteiger partial charge in [0.15, 0.2) is 11.6 Å². The number of carbonyl (C=O) groups excluding carboxylic acids is 3. The van der Waals surface area contributed by atoms with Crippen molar-refractivity contribution in [1.29, 1.82) is 0 Å². The number of Topliss-reactive ketones (excluding diaryl/α,β-unsaturated/α-hetero) is 2. The van der Waals surface area contributed by atoms with Gasteiger partial charge >= 0.3 is 0 Å². The first-order valence-electron chi connectivity index (χ1n) is 11.1. The van der Waals surface area contributed by atoms with E-state index < -0.39 is 0 Å². The number of rotatable bonds is 5. The predicted molar refractivity (Wildman–Crippen MR) is 118 cm³/mol. The van der Waals surface area contributed by atoms with Gasteiger partial charge in [-0.25, -0.2) is 0 Å². The summed E-state index contributed by atoms with van der Waals surface area (Å²) in [7, 11) is 0. The molecule has 1 amide bonds. The van der Waals surface area contributed by atoms with E-state index in [4.69, 9.17) is 0 Å². The molecule has 2 aliphatic rings. The topological polar surface area (TPSA) is 57.7 Å². The smallest absolute Gasteiger partial charge is 0.228 e. The minimum Gasteiger partial charge on any atom is -0.340 e. The molecular formula is C25H34N2O3. The highest BCUT2D eigenvalue weighted by molar-refractivity contribution is 6.22. The van der Waals surface area contributed by atoms with Crippen LogP contribution in [0, 0.1) is 5.41 Å². The minimum absolute atomic E-state index is 0.00968. The Kier molecular flexibility index (Phi) is 7.24. The molecule has 0 radical (unpaired) electrons. The van der Waals surface area contributed by atoms with Crippen LogP contribution in [-0.2, 0) is 14.4 Å². The zero-order valence-electron chi connectivity index (χ0n) is 18.5. The van der Waals surface area contributed by atoms with Crippen LogP contribution >= 0.6 is 0 Å². The predicted octanol–water partition coefficient (Wildman–Crippen LogP) is 3.60. The van der Waals surface area contributed by atoms with Crippen LogP contribution < -0.4 is 0 Å². The molecule has 162 valence electrons. The molecule has 1 saturated heterocycles. The van der Waals surface area contributed by atoms with E-state index in [1.807, 2.05) is 62.1 Å². The molecule has 5 heteroatoms. The molecule has 0 bridgehead atoms. The summed E-state index contributed by atoms with van der Waals surface area (Å²) < 4.78 is 0. The number of benzene rings is 1. The van der Waals surface area contributed by atoms with Gasteiger partial charge in [0.1, 0.15) is 0 Å². The Bertz CT molecular complexity index is 779. The molecule has 1 aliphatic carbocycles. The lowest BCUT2D eigenvalue weighted by atomic mass is 9.79. The Morgan fingerprint density at radius 2 is 1.60 bits per heavy atom. The van der Waals surface area contributed by atoms with Crippen molar-refractivity contribution in [1.82, 2.24) is 9.80 Å². The van der Waals surface area contributed by atoms with Crippen LogP contribution in [0.1, 0.15) is 57.9 Å². The molecule has 1 heterocycles. The van der Waals surface area contributed by atoms with E-state index >= 15 is 0 Å². The lowest BCUT2D eigenvalue weighted by molar-refractivity contribution is -0.141. The molecule has 1 aliphatic heterocycles. The van der Waals surface area contributed by atoms with Crippen molar-refractivity contribution < 1.29 is 14.4 Å². The zero-order chi connectivity index (χ0) is 21.7. The third-order valence-corrected chi connectivity index (χ3v) is 6.06. The highest BCUT2D eigenvalue weighted by Crippen LogP contribution is 2.31. The van der Waals surface area contributed by atoms with Crippen molar-refractivity contribution in [2.75, 3.05) is 32.7 Å². The highest BCUT2D eigenvalue weighted by atomic mass is 16.2. The van der Waals surface area contributed by atoms with Gasteiger partial charge in [-0.3, -0.25) is 19.3 Å². The van der Waals surface area contributed by atoms with Crippen molar-refractivity contribution in [3.05, 3.63) is 47.5 Å². The van der Waals surface area contributed by atoms with Gasteiger partial charge in [-0.1, -0.05) is 57.2 Å². The van der Waals surface area contributed by atoms with Crippen LogP contribution in [0.5, 0.6) is 0 Å². The minimum atomic E-state index is -0.326. The van der Waals surface area contributed by atoms with E-state index in [9.17, 15) is 14.4 Å². The van der Waals surface area contributed by atoms with E-state index in [2.05, 4.69) is 4.90 Å². The van der Waals surface area contributed by atoms with Crippen molar-refractivity contribution in [3.63, 3.8) is 0 Å². The second-order valence-corrected chi connectivity index (χ2v) is 9.51. The van der Waals surface area contributed by atoms with Crippen molar-refractivity contribution in [2.45, 2.75) is 52.4 Å². The molecular weight excluding hydrogens is 376 g/mol. The molecule has 5 nitrogen and oxygen atoms in total. The molecule has 30 heavy (non-hydrogen) atoms. The van der Waals surface area contributed by atoms with Gasteiger partial charge in [0.05, 0.1) is 5.57 Å². The molecule has 0 unspecified atom stereocenters. The Morgan fingerprint density at radius 1 is 1.00 bits per heavy atom. The fourth-order valence-corrected chi connectivity index (χ4v) is 4.29. The van der Waals surface area contributed by atoms with Gasteiger partial charge in [0.2, 0.25) is 5.91 Å². The number of ketones is 2. The standard InChI is InChI=1S/C25H34N2O3/c1-25(2,3)24(30)27-15-13-26(14-16-27)12-8-7-11-21-22(28)17-20(18-23(21)29)19-9-5-4-6-10-19/h4-6,9-11,20H,7-8,12-18H2,1-3H3. The maximum Gasteiger partial charge on any atom is 0.228 e. The van der Waals surface area contributed by atoms with Crippen molar-refractivity contribution >= 4 is 17.5 Å². The third kappa shape index (κ3) is 5.66. The maximum absolute atomic E-state index is 12.5. The summed E-state index contributed by atoms with van der Waals surface area (Å²) in [5, 5.41) is 0. The van der Waals surface area contributed by atoms with Gasteiger partial charge < -0.3 is 4.90 Å². The van der Waals surface area contributed by atoms with Gasteiger partial charge in [0, 0.05) is 44.4 Å². The number of hydrogen-bond donors (Lipinski definition) is 0. The van der Waals surface area contributed by atoms with E-state index in [0.717, 1.165) is 51.1 Å². The number of unbranched alkanes of at least 4 members (excludes halogenated alkanes) is 1. The molecule has 0 spiro atoms. The van der Waals surface area contributed by atoms with E-state index in [1.54, 1.807) is 0 Å². The third-order valence-electron chi connectivity index (χ3n) is 6.06. The van der Waals surface area contributed by atoms with E-state index in [0.29, 0.717) is 18.4 Å². The molecule has 1 aromatic rings. The molecule has 1 aromatic carbocycles. The lowest BCUT2D eigenvalue weighted by Crippen LogP contribution is -2.51. The van der Waals surface area contributed by atoms with Crippen molar-refractivity contribution in [3.8, 4) is 0 Å². The van der Waals surface area contributed by atoms with Crippen LogP contribution in [0.15, 0.2) is 42.0 Å². The average Bonchev–Trinajstić information content (AvgIpc) is 2.72.